The van der Waals surface area contributed by atoms with Crippen molar-refractivity contribution in [1.29, 1.82) is 0 Å². The summed E-state index contributed by atoms with van der Waals surface area (Å²) in [4.78, 5) is 3.33. The summed E-state index contributed by atoms with van der Waals surface area (Å²) in [6.07, 6.45) is 56.3. The number of rotatable bonds is 48. The van der Waals surface area contributed by atoms with Crippen molar-refractivity contribution < 1.29 is 4.74 Å². The van der Waals surface area contributed by atoms with E-state index in [1.165, 1.54) is 263 Å². The van der Waals surface area contributed by atoms with Crippen molar-refractivity contribution in [2.24, 2.45) is 0 Å². The summed E-state index contributed by atoms with van der Waals surface area (Å²) >= 11 is -0.671. The number of hydrogen-bond acceptors (Lipinski definition) is 3. The predicted molar refractivity (Wildman–Crippen MR) is 320 cm³/mol. The van der Waals surface area contributed by atoms with E-state index in [0.717, 1.165) is 0 Å². The van der Waals surface area contributed by atoms with Gasteiger partial charge in [-0.15, -0.1) is 0 Å². The van der Waals surface area contributed by atoms with Gasteiger partial charge < -0.3 is 0 Å². The van der Waals surface area contributed by atoms with Crippen LogP contribution >= 0.6 is 22.7 Å². The van der Waals surface area contributed by atoms with Gasteiger partial charge in [-0.25, -0.2) is 0 Å². The fourth-order valence-electron chi connectivity index (χ4n) is 12.2. The zero-order valence-electron chi connectivity index (χ0n) is 47.4. The van der Waals surface area contributed by atoms with E-state index in [-0.39, 0.29) is 5.60 Å². The summed E-state index contributed by atoms with van der Waals surface area (Å²) in [5, 5.41) is 0. The number of hydrogen-bond donors (Lipinski definition) is 0. The van der Waals surface area contributed by atoms with Crippen LogP contribution in [0.1, 0.15) is 318 Å². The van der Waals surface area contributed by atoms with Crippen molar-refractivity contribution in [3.05, 3.63) is 17.7 Å². The first-order valence-electron chi connectivity index (χ1n) is 31.4. The summed E-state index contributed by atoms with van der Waals surface area (Å²) in [5.41, 5.74) is 1.57. The molecule has 0 atom stereocenters. The standard InChI is InChI=1S/C39H64OS2.6C4H9.2Sn/c1-3-5-7-9-11-13-15-17-19-21-23-25-27-31-39(35-29-33-41-37(35)38-36(40-39)30-34-42-38)32-28-26-24-22-20-18-16-14-12-10-8-6-4-2;6*1-3-4-2;;/h29-30H,3-28,31-32H2,1-2H3;6*1,3-4H2,2H3;;. The minimum absolute atomic E-state index is 0.142. The second-order valence-electron chi connectivity index (χ2n) is 22.9. The van der Waals surface area contributed by atoms with E-state index in [4.69, 9.17) is 4.74 Å². The molecule has 0 aliphatic carbocycles. The monoisotopic (exact) mass is 1190 g/mol. The topological polar surface area (TPSA) is 9.23 Å². The summed E-state index contributed by atoms with van der Waals surface area (Å²) < 4.78 is 21.2. The molecule has 5 heteroatoms. The first-order chi connectivity index (χ1) is 33.4. The normalized spacial score (nSPS) is 13.6. The van der Waals surface area contributed by atoms with E-state index in [1.54, 1.807) is 41.9 Å². The third-order valence-electron chi connectivity index (χ3n) is 16.9. The molecule has 0 bridgehead atoms. The molecule has 0 radical (unpaired) electrons. The molecule has 2 aromatic rings. The van der Waals surface area contributed by atoms with E-state index >= 15 is 0 Å². The van der Waals surface area contributed by atoms with Gasteiger partial charge in [0.15, 0.2) is 0 Å². The zero-order valence-corrected chi connectivity index (χ0v) is 54.7. The fraction of sp³-hybridized carbons (Fsp3) is 0.873. The Morgan fingerprint density at radius 2 is 0.588 bits per heavy atom. The van der Waals surface area contributed by atoms with E-state index in [1.807, 2.05) is 5.79 Å². The maximum absolute atomic E-state index is 7.99. The summed E-state index contributed by atoms with van der Waals surface area (Å²) in [5.74, 6) is 1.36. The molecule has 1 nitrogen and oxygen atoms in total. The van der Waals surface area contributed by atoms with Crippen LogP contribution in [0.3, 0.4) is 0 Å². The quantitative estimate of drug-likeness (QED) is 0.0474. The third-order valence-corrected chi connectivity index (χ3v) is 55.7. The van der Waals surface area contributed by atoms with Crippen LogP contribution in [0.15, 0.2) is 12.1 Å². The molecule has 1 aliphatic rings. The van der Waals surface area contributed by atoms with Crippen LogP contribution in [0.25, 0.3) is 9.75 Å². The van der Waals surface area contributed by atoms with Crippen molar-refractivity contribution in [3.63, 3.8) is 0 Å². The van der Waals surface area contributed by atoms with Gasteiger partial charge in [-0.3, -0.25) is 0 Å². The van der Waals surface area contributed by atoms with Gasteiger partial charge >= 0.3 is 357 Å². The summed E-state index contributed by atoms with van der Waals surface area (Å²) in [7, 11) is 0. The second kappa shape index (κ2) is 39.2. The van der Waals surface area contributed by atoms with Crippen molar-refractivity contribution in [2.45, 2.75) is 344 Å². The van der Waals surface area contributed by atoms with Crippen LogP contribution in [0, 0.1) is 0 Å². The molecular weight excluding hydrogens is 1070 g/mol. The Morgan fingerprint density at radius 3 is 0.897 bits per heavy atom. The van der Waals surface area contributed by atoms with Gasteiger partial charge in [0.25, 0.3) is 0 Å². The molecule has 0 unspecified atom stereocenters. The predicted octanol–water partition coefficient (Wildman–Crippen LogP) is 23.1. The van der Waals surface area contributed by atoms with Crippen LogP contribution in [-0.4, -0.2) is 36.8 Å². The van der Waals surface area contributed by atoms with E-state index in [0.29, 0.717) is 0 Å². The molecule has 0 saturated carbocycles. The maximum atomic E-state index is 7.99. The molecular formula is C63H118OS2Sn2. The summed E-state index contributed by atoms with van der Waals surface area (Å²) in [6, 6.07) is 5.73. The molecule has 0 saturated heterocycles. The van der Waals surface area contributed by atoms with Crippen LogP contribution in [-0.2, 0) is 5.60 Å². The molecule has 1 aliphatic heterocycles. The van der Waals surface area contributed by atoms with Gasteiger partial charge in [-0.05, 0) is 0 Å². The molecule has 0 fully saturated rings. The SMILES string of the molecule is CCCCCCCCCCCCCCCC1(CCCCCCCCCCCCCCC)Oc2c[c]([Sn]([CH2]CCC)([CH2]CCC)[CH2]CCC)sc2-c2s[c]([Sn]([CH2]CCC)([CH2]CCC)[CH2]CCC)cc21. The molecule has 0 N–H and O–H groups in total. The average molecular weight is 1190 g/mol. The van der Waals surface area contributed by atoms with Crippen molar-refractivity contribution in [2.75, 3.05) is 0 Å². The molecule has 396 valence electrons. The molecule has 3 heterocycles. The van der Waals surface area contributed by atoms with Crippen LogP contribution in [0.2, 0.25) is 26.6 Å². The number of thiophene rings is 2. The Morgan fingerprint density at radius 1 is 0.324 bits per heavy atom. The Hall–Kier alpha value is 0.797. The van der Waals surface area contributed by atoms with Crippen LogP contribution < -0.4 is 10.5 Å². The Kier molecular flexibility index (Phi) is 36.4. The minimum atomic E-state index is -2.70. The van der Waals surface area contributed by atoms with Crippen molar-refractivity contribution in [1.82, 2.24) is 0 Å². The number of ether oxygens (including phenoxy) is 1. The molecule has 0 spiro atoms. The van der Waals surface area contributed by atoms with E-state index < -0.39 is 36.8 Å². The Bertz CT molecular complexity index is 1400. The van der Waals surface area contributed by atoms with Gasteiger partial charge in [0.1, 0.15) is 0 Å². The van der Waals surface area contributed by atoms with Gasteiger partial charge in [0.2, 0.25) is 0 Å². The van der Waals surface area contributed by atoms with Gasteiger partial charge in [0.05, 0.1) is 0 Å². The average Bonchev–Trinajstić information content (AvgIpc) is 4.01. The molecule has 2 aromatic heterocycles. The molecule has 68 heavy (non-hydrogen) atoms. The first-order valence-corrected chi connectivity index (χ1v) is 48.0. The Labute approximate surface area is 443 Å². The number of unbranched alkanes of at least 4 members (excludes halogenated alkanes) is 30. The van der Waals surface area contributed by atoms with Crippen LogP contribution in [0.5, 0.6) is 5.75 Å². The Balaban J connectivity index is 2.00. The molecule has 3 rings (SSSR count). The summed E-state index contributed by atoms with van der Waals surface area (Å²) in [6.45, 7) is 19.4. The first kappa shape index (κ1) is 63.1. The second-order valence-corrected chi connectivity index (χ2v) is 53.3. The zero-order chi connectivity index (χ0) is 49.0. The number of fused-ring (bicyclic) bond motifs is 3. The van der Waals surface area contributed by atoms with Gasteiger partial charge in [0, 0.05) is 0 Å². The molecule has 0 amide bonds. The van der Waals surface area contributed by atoms with Crippen LogP contribution in [0.4, 0.5) is 0 Å². The van der Waals surface area contributed by atoms with Gasteiger partial charge in [-0.1, -0.05) is 90.9 Å². The van der Waals surface area contributed by atoms with E-state index in [2.05, 4.69) is 90.2 Å². The van der Waals surface area contributed by atoms with Crippen molar-refractivity contribution in [3.8, 4) is 15.5 Å². The van der Waals surface area contributed by atoms with Gasteiger partial charge in [-0.2, -0.15) is 0 Å². The van der Waals surface area contributed by atoms with Crippen molar-refractivity contribution >= 4 is 65.2 Å². The fourth-order valence-corrected chi connectivity index (χ4v) is 52.9. The third kappa shape index (κ3) is 22.3. The molecule has 0 aromatic carbocycles. The van der Waals surface area contributed by atoms with E-state index in [9.17, 15) is 0 Å².